The molecular formula is C17H26N2OS. The van der Waals surface area contributed by atoms with Crippen molar-refractivity contribution >= 4 is 17.2 Å². The fraction of sp³-hybridized carbons (Fsp3) is 0.588. The minimum absolute atomic E-state index is 0.393. The molecule has 1 saturated heterocycles. The van der Waals surface area contributed by atoms with Crippen LogP contribution in [0.5, 0.6) is 5.75 Å². The lowest BCUT2D eigenvalue weighted by molar-refractivity contribution is 0.132. The van der Waals surface area contributed by atoms with Crippen molar-refractivity contribution in [1.82, 2.24) is 4.90 Å². The Labute approximate surface area is 133 Å². The van der Waals surface area contributed by atoms with Crippen LogP contribution in [0.4, 0.5) is 0 Å². The summed E-state index contributed by atoms with van der Waals surface area (Å²) in [6.45, 7) is 8.93. The highest BCUT2D eigenvalue weighted by Crippen LogP contribution is 2.21. The maximum Gasteiger partial charge on any atom is 0.129 e. The van der Waals surface area contributed by atoms with Gasteiger partial charge in [-0.05, 0) is 36.8 Å². The van der Waals surface area contributed by atoms with E-state index in [1.165, 1.54) is 19.5 Å². The molecule has 0 amide bonds. The molecule has 0 spiro atoms. The standard InChI is InChI=1S/C17H26N2OS/c1-13-10-14(2)12-19(11-13)8-5-9-20-16-7-4-3-6-15(16)17(18)21/h3-4,6-7,13-14H,5,8-12H2,1-2H3,(H2,18,21). The van der Waals surface area contributed by atoms with Crippen LogP contribution in [0.25, 0.3) is 0 Å². The van der Waals surface area contributed by atoms with Crippen molar-refractivity contribution in [3.63, 3.8) is 0 Å². The van der Waals surface area contributed by atoms with Crippen molar-refractivity contribution in [3.8, 4) is 5.75 Å². The van der Waals surface area contributed by atoms with E-state index in [1.807, 2.05) is 24.3 Å². The molecule has 0 bridgehead atoms. The van der Waals surface area contributed by atoms with Crippen LogP contribution in [-0.2, 0) is 0 Å². The highest BCUT2D eigenvalue weighted by molar-refractivity contribution is 7.80. The minimum atomic E-state index is 0.393. The van der Waals surface area contributed by atoms with E-state index < -0.39 is 0 Å². The van der Waals surface area contributed by atoms with Gasteiger partial charge in [-0.25, -0.2) is 0 Å². The predicted molar refractivity (Wildman–Crippen MR) is 91.8 cm³/mol. The van der Waals surface area contributed by atoms with Crippen LogP contribution in [0, 0.1) is 11.8 Å². The first-order chi connectivity index (χ1) is 10.1. The zero-order chi connectivity index (χ0) is 15.2. The molecule has 1 aromatic carbocycles. The Hall–Kier alpha value is -1.13. The second kappa shape index (κ2) is 7.76. The highest BCUT2D eigenvalue weighted by atomic mass is 32.1. The van der Waals surface area contributed by atoms with Gasteiger partial charge in [-0.3, -0.25) is 0 Å². The molecule has 1 aliphatic heterocycles. The Kier molecular flexibility index (Phi) is 6.00. The number of rotatable bonds is 6. The van der Waals surface area contributed by atoms with Crippen LogP contribution in [-0.4, -0.2) is 36.1 Å². The molecular weight excluding hydrogens is 280 g/mol. The molecule has 3 nitrogen and oxygen atoms in total. The van der Waals surface area contributed by atoms with Gasteiger partial charge in [0.1, 0.15) is 10.7 Å². The van der Waals surface area contributed by atoms with Crippen LogP contribution < -0.4 is 10.5 Å². The van der Waals surface area contributed by atoms with Gasteiger partial charge in [0, 0.05) is 19.6 Å². The lowest BCUT2D eigenvalue weighted by Gasteiger charge is -2.34. The van der Waals surface area contributed by atoms with Gasteiger partial charge in [0.05, 0.1) is 12.2 Å². The first-order valence-corrected chi connectivity index (χ1v) is 8.21. The molecule has 1 fully saturated rings. The number of piperidine rings is 1. The monoisotopic (exact) mass is 306 g/mol. The summed E-state index contributed by atoms with van der Waals surface area (Å²) in [6, 6.07) is 7.72. The first kappa shape index (κ1) is 16.2. The van der Waals surface area contributed by atoms with Crippen LogP contribution in [0.2, 0.25) is 0 Å². The molecule has 0 radical (unpaired) electrons. The Bertz CT molecular complexity index is 468. The van der Waals surface area contributed by atoms with Gasteiger partial charge < -0.3 is 15.4 Å². The molecule has 1 aliphatic rings. The van der Waals surface area contributed by atoms with E-state index in [2.05, 4.69) is 18.7 Å². The predicted octanol–water partition coefficient (Wildman–Crippen LogP) is 3.07. The van der Waals surface area contributed by atoms with Gasteiger partial charge in [-0.15, -0.1) is 0 Å². The molecule has 0 aromatic heterocycles. The van der Waals surface area contributed by atoms with Gasteiger partial charge in [0.2, 0.25) is 0 Å². The van der Waals surface area contributed by atoms with E-state index in [-0.39, 0.29) is 0 Å². The molecule has 0 aliphatic carbocycles. The summed E-state index contributed by atoms with van der Waals surface area (Å²) in [7, 11) is 0. The van der Waals surface area contributed by atoms with Crippen molar-refractivity contribution in [2.75, 3.05) is 26.2 Å². The van der Waals surface area contributed by atoms with E-state index >= 15 is 0 Å². The highest BCUT2D eigenvalue weighted by Gasteiger charge is 2.21. The van der Waals surface area contributed by atoms with Gasteiger partial charge >= 0.3 is 0 Å². The van der Waals surface area contributed by atoms with E-state index in [1.54, 1.807) is 0 Å². The Morgan fingerprint density at radius 3 is 2.62 bits per heavy atom. The normalized spacial score (nSPS) is 23.0. The third kappa shape index (κ3) is 4.97. The third-order valence-corrected chi connectivity index (χ3v) is 4.19. The summed E-state index contributed by atoms with van der Waals surface area (Å²) in [5.41, 5.74) is 6.54. The van der Waals surface area contributed by atoms with Crippen molar-refractivity contribution in [3.05, 3.63) is 29.8 Å². The number of nitrogens with two attached hydrogens (primary N) is 1. The molecule has 0 saturated carbocycles. The number of para-hydroxylation sites is 1. The zero-order valence-corrected chi connectivity index (χ0v) is 13.9. The molecule has 116 valence electrons. The SMILES string of the molecule is CC1CC(C)CN(CCCOc2ccccc2C(N)=S)C1. The van der Waals surface area contributed by atoms with Gasteiger partial charge in [-0.1, -0.05) is 38.2 Å². The molecule has 2 unspecified atom stereocenters. The summed E-state index contributed by atoms with van der Waals surface area (Å²) in [5.74, 6) is 2.42. The lowest BCUT2D eigenvalue weighted by Crippen LogP contribution is -2.39. The number of hydrogen-bond acceptors (Lipinski definition) is 3. The van der Waals surface area contributed by atoms with Gasteiger partial charge in [-0.2, -0.15) is 0 Å². The summed E-state index contributed by atoms with van der Waals surface area (Å²) < 4.78 is 5.85. The van der Waals surface area contributed by atoms with Crippen LogP contribution in [0.1, 0.15) is 32.3 Å². The smallest absolute Gasteiger partial charge is 0.129 e. The number of benzene rings is 1. The second-order valence-corrected chi connectivity index (χ2v) is 6.71. The van der Waals surface area contributed by atoms with E-state index in [9.17, 15) is 0 Å². The van der Waals surface area contributed by atoms with Crippen molar-refractivity contribution in [2.24, 2.45) is 17.6 Å². The fourth-order valence-electron chi connectivity index (χ4n) is 3.24. The maximum atomic E-state index is 5.85. The summed E-state index contributed by atoms with van der Waals surface area (Å²) in [6.07, 6.45) is 2.39. The number of thiocarbonyl (C=S) groups is 1. The average Bonchev–Trinajstić information content (AvgIpc) is 2.43. The number of nitrogens with zero attached hydrogens (tertiary/aromatic N) is 1. The number of ether oxygens (including phenoxy) is 1. The summed E-state index contributed by atoms with van der Waals surface area (Å²) in [5, 5.41) is 0. The maximum absolute atomic E-state index is 5.85. The minimum Gasteiger partial charge on any atom is -0.493 e. The van der Waals surface area contributed by atoms with Crippen LogP contribution in [0.15, 0.2) is 24.3 Å². The summed E-state index contributed by atoms with van der Waals surface area (Å²) >= 11 is 5.05. The molecule has 2 rings (SSSR count). The molecule has 1 aromatic rings. The molecule has 2 N–H and O–H groups in total. The van der Waals surface area contributed by atoms with Crippen molar-refractivity contribution in [1.29, 1.82) is 0 Å². The molecule has 1 heterocycles. The van der Waals surface area contributed by atoms with Crippen LogP contribution >= 0.6 is 12.2 Å². The van der Waals surface area contributed by atoms with E-state index in [0.717, 1.165) is 36.1 Å². The van der Waals surface area contributed by atoms with E-state index in [0.29, 0.717) is 11.6 Å². The Morgan fingerprint density at radius 1 is 1.29 bits per heavy atom. The first-order valence-electron chi connectivity index (χ1n) is 7.80. The van der Waals surface area contributed by atoms with E-state index in [4.69, 9.17) is 22.7 Å². The molecule has 2 atom stereocenters. The zero-order valence-electron chi connectivity index (χ0n) is 13.0. The van der Waals surface area contributed by atoms with Crippen LogP contribution in [0.3, 0.4) is 0 Å². The summed E-state index contributed by atoms with van der Waals surface area (Å²) in [4.78, 5) is 2.95. The largest absolute Gasteiger partial charge is 0.493 e. The fourth-order valence-corrected chi connectivity index (χ4v) is 3.41. The Balaban J connectivity index is 1.76. The second-order valence-electron chi connectivity index (χ2n) is 6.27. The van der Waals surface area contributed by atoms with Crippen molar-refractivity contribution in [2.45, 2.75) is 26.7 Å². The molecule has 4 heteroatoms. The molecule has 21 heavy (non-hydrogen) atoms. The third-order valence-electron chi connectivity index (χ3n) is 3.97. The van der Waals surface area contributed by atoms with Gasteiger partial charge in [0.25, 0.3) is 0 Å². The number of hydrogen-bond donors (Lipinski definition) is 1. The Morgan fingerprint density at radius 2 is 1.95 bits per heavy atom. The average molecular weight is 306 g/mol. The van der Waals surface area contributed by atoms with Gasteiger partial charge in [0.15, 0.2) is 0 Å². The van der Waals surface area contributed by atoms with Crippen molar-refractivity contribution < 1.29 is 4.74 Å². The number of likely N-dealkylation sites (tertiary alicyclic amines) is 1. The lowest BCUT2D eigenvalue weighted by atomic mass is 9.92. The quantitative estimate of drug-likeness (QED) is 0.647. The topological polar surface area (TPSA) is 38.5 Å².